The van der Waals surface area contributed by atoms with Crippen molar-refractivity contribution >= 4 is 5.69 Å². The van der Waals surface area contributed by atoms with Crippen LogP contribution in [-0.2, 0) is 0 Å². The maximum Gasteiger partial charge on any atom is 0.143 e. The maximum absolute atomic E-state index is 13.1. The highest BCUT2D eigenvalue weighted by atomic mass is 19.1. The Balaban J connectivity index is 3.08. The lowest BCUT2D eigenvalue weighted by Crippen LogP contribution is -1.92. The normalized spacial score (nSPS) is 12.5. The Hall–Kier alpha value is -1.31. The SMILES string of the molecule is C=CC(F)c1cc(C)cc(N)c1. The summed E-state index contributed by atoms with van der Waals surface area (Å²) in [7, 11) is 0. The molecule has 0 radical (unpaired) electrons. The van der Waals surface area contributed by atoms with Crippen LogP contribution in [0.2, 0.25) is 0 Å². The van der Waals surface area contributed by atoms with Gasteiger partial charge in [0.2, 0.25) is 0 Å². The van der Waals surface area contributed by atoms with Gasteiger partial charge in [0.15, 0.2) is 0 Å². The summed E-state index contributed by atoms with van der Waals surface area (Å²) in [5.74, 6) is 0. The number of benzene rings is 1. The largest absolute Gasteiger partial charge is 0.399 e. The lowest BCUT2D eigenvalue weighted by Gasteiger charge is -2.05. The van der Waals surface area contributed by atoms with Crippen LogP contribution in [0.3, 0.4) is 0 Å². The number of allylic oxidation sites excluding steroid dienone is 1. The molecule has 1 unspecified atom stereocenters. The fourth-order valence-corrected chi connectivity index (χ4v) is 1.14. The number of anilines is 1. The minimum atomic E-state index is -1.12. The van der Waals surface area contributed by atoms with E-state index in [2.05, 4.69) is 6.58 Å². The Labute approximate surface area is 71.7 Å². The van der Waals surface area contributed by atoms with Gasteiger partial charge in [0, 0.05) is 5.69 Å². The average molecular weight is 165 g/mol. The zero-order valence-corrected chi connectivity index (χ0v) is 7.05. The van der Waals surface area contributed by atoms with Crippen molar-refractivity contribution in [2.45, 2.75) is 13.1 Å². The van der Waals surface area contributed by atoms with Crippen LogP contribution in [0.25, 0.3) is 0 Å². The number of hydrogen-bond acceptors (Lipinski definition) is 1. The van der Waals surface area contributed by atoms with E-state index >= 15 is 0 Å². The van der Waals surface area contributed by atoms with Gasteiger partial charge in [-0.2, -0.15) is 0 Å². The Morgan fingerprint density at radius 1 is 1.50 bits per heavy atom. The van der Waals surface area contributed by atoms with Crippen LogP contribution in [0.5, 0.6) is 0 Å². The molecule has 1 aromatic rings. The fourth-order valence-electron chi connectivity index (χ4n) is 1.14. The van der Waals surface area contributed by atoms with E-state index in [1.165, 1.54) is 6.08 Å². The molecule has 1 atom stereocenters. The highest BCUT2D eigenvalue weighted by molar-refractivity contribution is 5.45. The van der Waals surface area contributed by atoms with Crippen LogP contribution in [0.4, 0.5) is 10.1 Å². The standard InChI is InChI=1S/C10H12FN/c1-3-10(11)8-4-7(2)5-9(12)6-8/h3-6,10H,1,12H2,2H3. The summed E-state index contributed by atoms with van der Waals surface area (Å²) < 4.78 is 13.1. The van der Waals surface area contributed by atoms with E-state index in [0.29, 0.717) is 11.3 Å². The molecule has 1 aromatic carbocycles. The summed E-state index contributed by atoms with van der Waals surface area (Å²) in [6, 6.07) is 5.20. The monoisotopic (exact) mass is 165 g/mol. The first-order valence-corrected chi connectivity index (χ1v) is 3.77. The van der Waals surface area contributed by atoms with Crippen LogP contribution >= 0.6 is 0 Å². The minimum Gasteiger partial charge on any atom is -0.399 e. The smallest absolute Gasteiger partial charge is 0.143 e. The third-order valence-corrected chi connectivity index (χ3v) is 1.65. The Morgan fingerprint density at radius 2 is 2.17 bits per heavy atom. The molecule has 0 aliphatic carbocycles. The molecule has 12 heavy (non-hydrogen) atoms. The zero-order valence-electron chi connectivity index (χ0n) is 7.05. The number of rotatable bonds is 2. The van der Waals surface area contributed by atoms with Crippen molar-refractivity contribution in [2.75, 3.05) is 5.73 Å². The van der Waals surface area contributed by atoms with Crippen LogP contribution in [-0.4, -0.2) is 0 Å². The van der Waals surface area contributed by atoms with Gasteiger partial charge in [0.05, 0.1) is 0 Å². The molecule has 0 aliphatic heterocycles. The average Bonchev–Trinajstić information content (AvgIpc) is 2.01. The molecule has 0 spiro atoms. The van der Waals surface area contributed by atoms with E-state index in [1.807, 2.05) is 6.92 Å². The number of nitrogen functional groups attached to an aromatic ring is 1. The van der Waals surface area contributed by atoms with Crippen molar-refractivity contribution in [3.05, 3.63) is 42.0 Å². The first-order valence-electron chi connectivity index (χ1n) is 3.77. The lowest BCUT2D eigenvalue weighted by molar-refractivity contribution is 0.415. The molecule has 64 valence electrons. The third-order valence-electron chi connectivity index (χ3n) is 1.65. The van der Waals surface area contributed by atoms with Crippen LogP contribution in [0, 0.1) is 6.92 Å². The summed E-state index contributed by atoms with van der Waals surface area (Å²) in [6.45, 7) is 5.27. The molecule has 0 amide bonds. The molecule has 0 heterocycles. The van der Waals surface area contributed by atoms with Crippen LogP contribution < -0.4 is 5.73 Å². The first-order chi connectivity index (χ1) is 5.63. The van der Waals surface area contributed by atoms with E-state index < -0.39 is 6.17 Å². The van der Waals surface area contributed by atoms with Gasteiger partial charge in [-0.05, 0) is 30.2 Å². The molecule has 0 saturated heterocycles. The summed E-state index contributed by atoms with van der Waals surface area (Å²) in [5.41, 5.74) is 7.68. The van der Waals surface area contributed by atoms with Crippen LogP contribution in [0.15, 0.2) is 30.9 Å². The number of halogens is 1. The van der Waals surface area contributed by atoms with E-state index in [9.17, 15) is 4.39 Å². The van der Waals surface area contributed by atoms with Gasteiger partial charge in [-0.15, -0.1) is 0 Å². The predicted octanol–water partition coefficient (Wildman–Crippen LogP) is 2.77. The van der Waals surface area contributed by atoms with Gasteiger partial charge in [-0.25, -0.2) is 4.39 Å². The quantitative estimate of drug-likeness (QED) is 0.529. The Kier molecular flexibility index (Phi) is 2.48. The summed E-state index contributed by atoms with van der Waals surface area (Å²) in [6.07, 6.45) is 0.140. The predicted molar refractivity (Wildman–Crippen MR) is 49.6 cm³/mol. The number of nitrogens with two attached hydrogens (primary N) is 1. The molecule has 2 heteroatoms. The second-order valence-corrected chi connectivity index (χ2v) is 2.81. The minimum absolute atomic E-state index is 0.572. The Bertz CT molecular complexity index is 274. The summed E-state index contributed by atoms with van der Waals surface area (Å²) in [4.78, 5) is 0. The molecular formula is C10H12FN. The van der Waals surface area contributed by atoms with Crippen molar-refractivity contribution in [1.29, 1.82) is 0 Å². The number of alkyl halides is 1. The summed E-state index contributed by atoms with van der Waals surface area (Å²) in [5, 5.41) is 0. The molecule has 1 nitrogen and oxygen atoms in total. The van der Waals surface area contributed by atoms with Crippen molar-refractivity contribution in [1.82, 2.24) is 0 Å². The number of aryl methyl sites for hydroxylation is 1. The number of hydrogen-bond donors (Lipinski definition) is 1. The van der Waals surface area contributed by atoms with E-state index in [4.69, 9.17) is 5.73 Å². The molecule has 0 saturated carbocycles. The molecular weight excluding hydrogens is 153 g/mol. The van der Waals surface area contributed by atoms with Gasteiger partial charge in [-0.1, -0.05) is 18.7 Å². The van der Waals surface area contributed by atoms with Crippen molar-refractivity contribution in [3.63, 3.8) is 0 Å². The van der Waals surface area contributed by atoms with Gasteiger partial charge >= 0.3 is 0 Å². The fraction of sp³-hybridized carbons (Fsp3) is 0.200. The van der Waals surface area contributed by atoms with Gasteiger partial charge < -0.3 is 5.73 Å². The lowest BCUT2D eigenvalue weighted by atomic mass is 10.1. The van der Waals surface area contributed by atoms with E-state index in [-0.39, 0.29) is 0 Å². The zero-order chi connectivity index (χ0) is 9.14. The second-order valence-electron chi connectivity index (χ2n) is 2.81. The molecule has 0 bridgehead atoms. The molecule has 2 N–H and O–H groups in total. The molecule has 1 rings (SSSR count). The van der Waals surface area contributed by atoms with Crippen molar-refractivity contribution in [2.24, 2.45) is 0 Å². The topological polar surface area (TPSA) is 26.0 Å². The summed E-state index contributed by atoms with van der Waals surface area (Å²) >= 11 is 0. The maximum atomic E-state index is 13.1. The molecule has 0 fully saturated rings. The first kappa shape index (κ1) is 8.78. The molecule has 0 aliphatic rings. The highest BCUT2D eigenvalue weighted by Gasteiger charge is 2.05. The van der Waals surface area contributed by atoms with Crippen molar-refractivity contribution < 1.29 is 4.39 Å². The van der Waals surface area contributed by atoms with E-state index in [1.54, 1.807) is 18.2 Å². The van der Waals surface area contributed by atoms with Gasteiger partial charge in [0.25, 0.3) is 0 Å². The van der Waals surface area contributed by atoms with Crippen molar-refractivity contribution in [3.8, 4) is 0 Å². The second kappa shape index (κ2) is 3.39. The Morgan fingerprint density at radius 3 is 2.67 bits per heavy atom. The van der Waals surface area contributed by atoms with Gasteiger partial charge in [0.1, 0.15) is 6.17 Å². The van der Waals surface area contributed by atoms with Crippen LogP contribution in [0.1, 0.15) is 17.3 Å². The van der Waals surface area contributed by atoms with E-state index in [0.717, 1.165) is 5.56 Å². The highest BCUT2D eigenvalue weighted by Crippen LogP contribution is 2.21. The third kappa shape index (κ3) is 1.84. The molecule has 0 aromatic heterocycles. The van der Waals surface area contributed by atoms with Gasteiger partial charge in [-0.3, -0.25) is 0 Å².